The molecule has 0 spiro atoms. The first-order chi connectivity index (χ1) is 14.4. The summed E-state index contributed by atoms with van der Waals surface area (Å²) in [7, 11) is 0. The van der Waals surface area contributed by atoms with Gasteiger partial charge in [0.05, 0.1) is 6.54 Å². The second-order valence-electron chi connectivity index (χ2n) is 8.15. The van der Waals surface area contributed by atoms with Gasteiger partial charge in [0.15, 0.2) is 0 Å². The van der Waals surface area contributed by atoms with Crippen molar-refractivity contribution in [1.29, 1.82) is 0 Å². The van der Waals surface area contributed by atoms with Crippen molar-refractivity contribution in [2.75, 3.05) is 4.90 Å². The zero-order chi connectivity index (χ0) is 21.0. The summed E-state index contributed by atoms with van der Waals surface area (Å²) in [6.45, 7) is 3.75. The molecule has 2 heterocycles. The molecular formula is C24H22N2O4. The third-order valence-corrected chi connectivity index (χ3v) is 6.13. The monoisotopic (exact) mass is 402 g/mol. The molecule has 1 unspecified atom stereocenters. The lowest BCUT2D eigenvalue weighted by Gasteiger charge is -2.19. The molecule has 1 aliphatic carbocycles. The number of fused-ring (bicyclic) bond motifs is 2. The third kappa shape index (κ3) is 2.91. The lowest BCUT2D eigenvalue weighted by atomic mass is 10.0. The number of benzene rings is 2. The summed E-state index contributed by atoms with van der Waals surface area (Å²) in [5, 5.41) is 0.789. The molecule has 0 saturated carbocycles. The minimum Gasteiger partial charge on any atom is -0.423 e. The molecule has 30 heavy (non-hydrogen) atoms. The van der Waals surface area contributed by atoms with Crippen LogP contribution in [0.15, 0.2) is 51.7 Å². The lowest BCUT2D eigenvalue weighted by molar-refractivity contribution is -0.127. The van der Waals surface area contributed by atoms with E-state index in [9.17, 15) is 14.4 Å². The molecule has 6 nitrogen and oxygen atoms in total. The van der Waals surface area contributed by atoms with E-state index in [1.54, 1.807) is 6.92 Å². The zero-order valence-corrected chi connectivity index (χ0v) is 17.0. The van der Waals surface area contributed by atoms with Gasteiger partial charge in [0.25, 0.3) is 5.91 Å². The summed E-state index contributed by atoms with van der Waals surface area (Å²) < 4.78 is 5.41. The van der Waals surface area contributed by atoms with Gasteiger partial charge < -0.3 is 4.42 Å². The van der Waals surface area contributed by atoms with Crippen molar-refractivity contribution < 1.29 is 14.0 Å². The number of hydrogen-bond acceptors (Lipinski definition) is 4. The Hall–Kier alpha value is -3.41. The van der Waals surface area contributed by atoms with E-state index < -0.39 is 11.7 Å². The zero-order valence-electron chi connectivity index (χ0n) is 17.0. The predicted molar refractivity (Wildman–Crippen MR) is 114 cm³/mol. The Morgan fingerprint density at radius 3 is 2.43 bits per heavy atom. The van der Waals surface area contributed by atoms with Gasteiger partial charge in [0.1, 0.15) is 11.6 Å². The topological polar surface area (TPSA) is 70.8 Å². The van der Waals surface area contributed by atoms with Crippen molar-refractivity contribution in [3.8, 4) is 0 Å². The summed E-state index contributed by atoms with van der Waals surface area (Å²) in [6.07, 6.45) is 3.05. The van der Waals surface area contributed by atoms with Crippen LogP contribution in [-0.4, -0.2) is 22.9 Å². The van der Waals surface area contributed by atoms with E-state index in [0.29, 0.717) is 16.8 Å². The highest BCUT2D eigenvalue weighted by Gasteiger charge is 2.43. The molecule has 1 aliphatic heterocycles. The van der Waals surface area contributed by atoms with E-state index in [1.807, 2.05) is 43.3 Å². The predicted octanol–water partition coefficient (Wildman–Crippen LogP) is 3.95. The number of rotatable bonds is 3. The summed E-state index contributed by atoms with van der Waals surface area (Å²) in [5.74, 6) is -0.275. The normalized spacial score (nSPS) is 18.5. The second kappa shape index (κ2) is 6.83. The number of carbonyl (C=O) groups is 2. The maximum Gasteiger partial charge on any atom is 0.336 e. The van der Waals surface area contributed by atoms with Crippen molar-refractivity contribution in [3.63, 3.8) is 0 Å². The average molecular weight is 402 g/mol. The summed E-state index contributed by atoms with van der Waals surface area (Å²) in [6, 6.07) is 11.9. The van der Waals surface area contributed by atoms with Crippen LogP contribution in [0.4, 0.5) is 10.5 Å². The summed E-state index contributed by atoms with van der Waals surface area (Å²) in [5.41, 5.74) is 4.89. The maximum absolute atomic E-state index is 13.2. The van der Waals surface area contributed by atoms with Crippen LogP contribution in [0.3, 0.4) is 0 Å². The Bertz CT molecular complexity index is 1240. The van der Waals surface area contributed by atoms with Gasteiger partial charge >= 0.3 is 11.7 Å². The van der Waals surface area contributed by atoms with Crippen LogP contribution in [0.5, 0.6) is 0 Å². The molecular weight excluding hydrogens is 380 g/mol. The fourth-order valence-corrected chi connectivity index (χ4v) is 4.51. The SMILES string of the molecule is Cc1ccc(N2C(=O)N(Cc3cc(=O)oc4cc5c(cc34)CCC5)C(=O)C2C)cc1. The lowest BCUT2D eigenvalue weighted by Crippen LogP contribution is -2.33. The van der Waals surface area contributed by atoms with E-state index in [2.05, 4.69) is 0 Å². The molecule has 1 fully saturated rings. The Balaban J connectivity index is 1.53. The number of aryl methyl sites for hydroxylation is 3. The number of anilines is 1. The molecule has 2 aliphatic rings. The molecule has 152 valence electrons. The number of hydrogen-bond donors (Lipinski definition) is 0. The molecule has 3 amide bonds. The van der Waals surface area contributed by atoms with Gasteiger partial charge in [0.2, 0.25) is 0 Å². The first-order valence-electron chi connectivity index (χ1n) is 10.2. The molecule has 1 saturated heterocycles. The molecule has 0 radical (unpaired) electrons. The molecule has 5 rings (SSSR count). The third-order valence-electron chi connectivity index (χ3n) is 6.13. The second-order valence-corrected chi connectivity index (χ2v) is 8.15. The van der Waals surface area contributed by atoms with Gasteiger partial charge in [-0.1, -0.05) is 17.7 Å². The highest BCUT2D eigenvalue weighted by atomic mass is 16.4. The number of amides is 3. The van der Waals surface area contributed by atoms with Gasteiger partial charge in [-0.3, -0.25) is 14.6 Å². The van der Waals surface area contributed by atoms with Crippen LogP contribution in [0, 0.1) is 6.92 Å². The maximum atomic E-state index is 13.2. The minimum absolute atomic E-state index is 0.0469. The first-order valence-corrected chi connectivity index (χ1v) is 10.2. The van der Waals surface area contributed by atoms with Crippen molar-refractivity contribution in [3.05, 3.63) is 75.1 Å². The minimum atomic E-state index is -0.601. The highest BCUT2D eigenvalue weighted by Crippen LogP contribution is 2.31. The molecule has 3 aromatic rings. The van der Waals surface area contributed by atoms with Crippen LogP contribution in [0.2, 0.25) is 0 Å². The summed E-state index contributed by atoms with van der Waals surface area (Å²) >= 11 is 0. The Morgan fingerprint density at radius 2 is 1.70 bits per heavy atom. The standard InChI is InChI=1S/C24H22N2O4/c1-14-6-8-19(9-7-14)26-15(2)23(28)25(24(26)29)13-18-12-22(27)30-21-11-17-5-3-4-16(17)10-20(18)21/h6-12,15H,3-5,13H2,1-2H3. The molecule has 6 heteroatoms. The highest BCUT2D eigenvalue weighted by molar-refractivity contribution is 6.14. The average Bonchev–Trinajstić information content (AvgIpc) is 3.25. The van der Waals surface area contributed by atoms with Crippen molar-refractivity contribution in [1.82, 2.24) is 4.90 Å². The van der Waals surface area contributed by atoms with E-state index >= 15 is 0 Å². The Morgan fingerprint density at radius 1 is 1.00 bits per heavy atom. The van der Waals surface area contributed by atoms with Crippen molar-refractivity contribution in [2.45, 2.75) is 45.7 Å². The van der Waals surface area contributed by atoms with Gasteiger partial charge in [-0.25, -0.2) is 9.59 Å². The van der Waals surface area contributed by atoms with E-state index in [1.165, 1.54) is 27.0 Å². The number of urea groups is 1. The van der Waals surface area contributed by atoms with E-state index in [0.717, 1.165) is 30.2 Å². The van der Waals surface area contributed by atoms with Crippen LogP contribution >= 0.6 is 0 Å². The molecule has 1 atom stereocenters. The molecule has 2 aromatic carbocycles. The molecule has 0 N–H and O–H groups in total. The van der Waals surface area contributed by atoms with E-state index in [-0.39, 0.29) is 18.5 Å². The number of nitrogens with zero attached hydrogens (tertiary/aromatic N) is 2. The van der Waals surface area contributed by atoms with Crippen LogP contribution < -0.4 is 10.5 Å². The number of imide groups is 1. The molecule has 1 aromatic heterocycles. The van der Waals surface area contributed by atoms with Gasteiger partial charge in [0, 0.05) is 17.1 Å². The fourth-order valence-electron chi connectivity index (χ4n) is 4.51. The quantitative estimate of drug-likeness (QED) is 0.491. The Labute approximate surface area is 173 Å². The molecule has 0 bridgehead atoms. The smallest absolute Gasteiger partial charge is 0.336 e. The Kier molecular flexibility index (Phi) is 4.24. The first kappa shape index (κ1) is 18.6. The fraction of sp³-hybridized carbons (Fsp3) is 0.292. The van der Waals surface area contributed by atoms with Gasteiger partial charge in [-0.05, 0) is 74.1 Å². The largest absolute Gasteiger partial charge is 0.423 e. The van der Waals surface area contributed by atoms with Crippen LogP contribution in [0.25, 0.3) is 11.0 Å². The number of carbonyl (C=O) groups excluding carboxylic acids is 2. The van der Waals surface area contributed by atoms with Gasteiger partial charge in [-0.15, -0.1) is 0 Å². The van der Waals surface area contributed by atoms with Crippen LogP contribution in [0.1, 0.15) is 35.6 Å². The van der Waals surface area contributed by atoms with Crippen molar-refractivity contribution in [2.24, 2.45) is 0 Å². The van der Waals surface area contributed by atoms with Crippen LogP contribution in [-0.2, 0) is 24.2 Å². The van der Waals surface area contributed by atoms with E-state index in [4.69, 9.17) is 4.42 Å². The van der Waals surface area contributed by atoms with Crippen molar-refractivity contribution >= 4 is 28.6 Å². The summed E-state index contributed by atoms with van der Waals surface area (Å²) in [4.78, 5) is 41.0. The van der Waals surface area contributed by atoms with Gasteiger partial charge in [-0.2, -0.15) is 0 Å².